The Kier molecular flexibility index (Phi) is 5.99. The average molecular weight is 207 g/mol. The predicted octanol–water partition coefficient (Wildman–Crippen LogP) is -4.79. The van der Waals surface area contributed by atoms with Crippen molar-refractivity contribution in [3.8, 4) is 0 Å². The molecule has 0 amide bonds. The molecule has 0 aromatic carbocycles. The third-order valence-corrected chi connectivity index (χ3v) is 0.782. The van der Waals surface area contributed by atoms with E-state index in [1.165, 1.54) is 0 Å². The molecule has 0 aliphatic rings. The third kappa shape index (κ3) is 3.93. The number of carbonyl (C=O) groups is 2. The molecule has 0 aromatic heterocycles. The minimum atomic E-state index is -2.44. The van der Waals surface area contributed by atoms with Gasteiger partial charge in [-0.3, -0.25) is 0 Å². The van der Waals surface area contributed by atoms with E-state index in [4.69, 9.17) is 10.2 Å². The SMILES string of the molecule is O=C([O-])C(O)C(O)C(=O)[O-].[Co+2]. The second-order valence-corrected chi connectivity index (χ2v) is 1.53. The number of hydrogen-bond acceptors (Lipinski definition) is 6. The van der Waals surface area contributed by atoms with E-state index in [1.54, 1.807) is 0 Å². The van der Waals surface area contributed by atoms with E-state index in [-0.39, 0.29) is 16.8 Å². The molecule has 0 aromatic rings. The van der Waals surface area contributed by atoms with Gasteiger partial charge in [-0.25, -0.2) is 0 Å². The Labute approximate surface area is 71.7 Å². The molecule has 7 heteroatoms. The van der Waals surface area contributed by atoms with Crippen molar-refractivity contribution in [1.29, 1.82) is 0 Å². The molecule has 2 atom stereocenters. The molecular formula is C4H4CoO6. The van der Waals surface area contributed by atoms with Crippen molar-refractivity contribution < 1.29 is 46.8 Å². The number of aliphatic hydroxyl groups excluding tert-OH is 2. The fourth-order valence-electron chi connectivity index (χ4n) is 0.258. The summed E-state index contributed by atoms with van der Waals surface area (Å²) in [7, 11) is 0. The molecule has 0 bridgehead atoms. The fourth-order valence-corrected chi connectivity index (χ4v) is 0.258. The average Bonchev–Trinajstić information content (AvgIpc) is 1.84. The summed E-state index contributed by atoms with van der Waals surface area (Å²) in [5, 5.41) is 35.7. The van der Waals surface area contributed by atoms with Crippen molar-refractivity contribution in [3.05, 3.63) is 0 Å². The number of aliphatic hydroxyl groups is 2. The zero-order valence-electron chi connectivity index (χ0n) is 5.02. The normalized spacial score (nSPS) is 14.4. The van der Waals surface area contributed by atoms with Gasteiger partial charge in [-0.2, -0.15) is 0 Å². The molecule has 0 saturated heterocycles. The van der Waals surface area contributed by atoms with Gasteiger partial charge in [0.2, 0.25) is 0 Å². The van der Waals surface area contributed by atoms with Crippen molar-refractivity contribution in [1.82, 2.24) is 0 Å². The van der Waals surface area contributed by atoms with E-state index >= 15 is 0 Å². The summed E-state index contributed by atoms with van der Waals surface area (Å²) >= 11 is 0. The maximum Gasteiger partial charge on any atom is 2.00 e. The van der Waals surface area contributed by atoms with Gasteiger partial charge in [-0.15, -0.1) is 0 Å². The van der Waals surface area contributed by atoms with Gasteiger partial charge in [0.15, 0.2) is 0 Å². The smallest absolute Gasteiger partial charge is 0.547 e. The molecule has 1 radical (unpaired) electrons. The van der Waals surface area contributed by atoms with E-state index in [2.05, 4.69) is 0 Å². The zero-order valence-corrected chi connectivity index (χ0v) is 6.06. The van der Waals surface area contributed by atoms with E-state index in [0.29, 0.717) is 0 Å². The standard InChI is InChI=1S/C4H6O6.Co/c5-1(3(7)8)2(6)4(9)10;/h1-2,5-6H,(H,7,8)(H,9,10);/q;+2/p-2. The first-order valence-electron chi connectivity index (χ1n) is 2.24. The number of rotatable bonds is 3. The van der Waals surface area contributed by atoms with Gasteiger partial charge in [0.25, 0.3) is 0 Å². The van der Waals surface area contributed by atoms with Crippen LogP contribution in [-0.4, -0.2) is 34.4 Å². The molecule has 2 N–H and O–H groups in total. The molecular weight excluding hydrogens is 203 g/mol. The van der Waals surface area contributed by atoms with Gasteiger partial charge < -0.3 is 30.0 Å². The van der Waals surface area contributed by atoms with Gasteiger partial charge in [-0.05, 0) is 0 Å². The van der Waals surface area contributed by atoms with Gasteiger partial charge in [-0.1, -0.05) is 0 Å². The summed E-state index contributed by atoms with van der Waals surface area (Å²) in [6.45, 7) is 0. The van der Waals surface area contributed by atoms with Crippen LogP contribution in [0.4, 0.5) is 0 Å². The van der Waals surface area contributed by atoms with Crippen molar-refractivity contribution in [3.63, 3.8) is 0 Å². The van der Waals surface area contributed by atoms with Crippen LogP contribution in [0.25, 0.3) is 0 Å². The maximum atomic E-state index is 9.63. The number of carbonyl (C=O) groups excluding carboxylic acids is 2. The van der Waals surface area contributed by atoms with Crippen LogP contribution in [0.1, 0.15) is 0 Å². The van der Waals surface area contributed by atoms with Crippen LogP contribution in [0.2, 0.25) is 0 Å². The quantitative estimate of drug-likeness (QED) is 0.479. The Balaban J connectivity index is 0. The Morgan fingerprint density at radius 3 is 1.27 bits per heavy atom. The molecule has 0 aliphatic carbocycles. The van der Waals surface area contributed by atoms with Crippen molar-refractivity contribution in [2.75, 3.05) is 0 Å². The summed E-state index contributed by atoms with van der Waals surface area (Å²) in [6.07, 6.45) is -4.88. The summed E-state index contributed by atoms with van der Waals surface area (Å²) in [6, 6.07) is 0. The van der Waals surface area contributed by atoms with Crippen LogP contribution in [0, 0.1) is 0 Å². The van der Waals surface area contributed by atoms with Crippen LogP contribution in [-0.2, 0) is 26.4 Å². The van der Waals surface area contributed by atoms with E-state index in [9.17, 15) is 19.8 Å². The molecule has 0 rings (SSSR count). The third-order valence-electron chi connectivity index (χ3n) is 0.782. The molecule has 0 aliphatic heterocycles. The van der Waals surface area contributed by atoms with Gasteiger partial charge >= 0.3 is 16.8 Å². The first kappa shape index (κ1) is 13.0. The fraction of sp³-hybridized carbons (Fsp3) is 0.500. The minimum absolute atomic E-state index is 0. The summed E-state index contributed by atoms with van der Waals surface area (Å²) in [5.74, 6) is -4.12. The molecule has 65 valence electrons. The van der Waals surface area contributed by atoms with Gasteiger partial charge in [0.05, 0.1) is 11.9 Å². The Bertz CT molecular complexity index is 139. The number of hydrogen-bond donors (Lipinski definition) is 2. The zero-order chi connectivity index (χ0) is 8.31. The van der Waals surface area contributed by atoms with Gasteiger partial charge in [0.1, 0.15) is 12.2 Å². The maximum absolute atomic E-state index is 9.63. The number of carboxylic acids is 2. The van der Waals surface area contributed by atoms with Crippen LogP contribution < -0.4 is 10.2 Å². The van der Waals surface area contributed by atoms with Crippen LogP contribution in [0.3, 0.4) is 0 Å². The van der Waals surface area contributed by atoms with E-state index in [1.807, 2.05) is 0 Å². The van der Waals surface area contributed by atoms with Crippen LogP contribution in [0.5, 0.6) is 0 Å². The van der Waals surface area contributed by atoms with E-state index < -0.39 is 24.1 Å². The molecule has 0 spiro atoms. The van der Waals surface area contributed by atoms with Crippen molar-refractivity contribution in [2.45, 2.75) is 12.2 Å². The Morgan fingerprint density at radius 1 is 1.00 bits per heavy atom. The first-order chi connectivity index (χ1) is 4.46. The van der Waals surface area contributed by atoms with Crippen LogP contribution >= 0.6 is 0 Å². The Morgan fingerprint density at radius 2 is 1.18 bits per heavy atom. The summed E-state index contributed by atoms with van der Waals surface area (Å²) in [5.41, 5.74) is 0. The predicted molar refractivity (Wildman–Crippen MR) is 22.0 cm³/mol. The molecule has 0 saturated carbocycles. The van der Waals surface area contributed by atoms with Gasteiger partial charge in [0, 0.05) is 0 Å². The number of aliphatic carboxylic acids is 2. The minimum Gasteiger partial charge on any atom is -0.547 e. The van der Waals surface area contributed by atoms with Crippen molar-refractivity contribution >= 4 is 11.9 Å². The second kappa shape index (κ2) is 5.07. The molecule has 2 unspecified atom stereocenters. The molecule has 0 heterocycles. The Hall–Kier alpha value is -0.634. The summed E-state index contributed by atoms with van der Waals surface area (Å²) in [4.78, 5) is 19.3. The topological polar surface area (TPSA) is 121 Å². The largest absolute Gasteiger partial charge is 2.00 e. The first-order valence-corrected chi connectivity index (χ1v) is 2.24. The molecule has 11 heavy (non-hydrogen) atoms. The molecule has 0 fully saturated rings. The van der Waals surface area contributed by atoms with E-state index in [0.717, 1.165) is 0 Å². The van der Waals surface area contributed by atoms with Crippen molar-refractivity contribution in [2.24, 2.45) is 0 Å². The van der Waals surface area contributed by atoms with Crippen LogP contribution in [0.15, 0.2) is 0 Å². The molecule has 6 nitrogen and oxygen atoms in total. The second-order valence-electron chi connectivity index (χ2n) is 1.53. The monoisotopic (exact) mass is 207 g/mol. The number of carboxylic acid groups (broad SMARTS) is 2. The summed E-state index contributed by atoms with van der Waals surface area (Å²) < 4.78 is 0.